The Balaban J connectivity index is 0. The van der Waals surface area contributed by atoms with Gasteiger partial charge in [-0.3, -0.25) is 4.68 Å². The zero-order valence-electron chi connectivity index (χ0n) is 10.1. The van der Waals surface area contributed by atoms with Crippen LogP contribution in [0.15, 0.2) is 12.3 Å². The molecule has 0 N–H and O–H groups in total. The average molecular weight is 184 g/mol. The first-order valence-electron chi connectivity index (χ1n) is 5.22. The Labute approximate surface area is 83.0 Å². The molecule has 0 fully saturated rings. The molecule has 2 heteroatoms. The van der Waals surface area contributed by atoms with Crippen molar-refractivity contribution in [2.45, 2.75) is 54.5 Å². The normalized spacial score (nSPS) is 8.31. The Morgan fingerprint density at radius 1 is 1.15 bits per heavy atom. The van der Waals surface area contributed by atoms with Gasteiger partial charge in [0.2, 0.25) is 0 Å². The molecule has 13 heavy (non-hydrogen) atoms. The maximum atomic E-state index is 4.23. The molecule has 2 nitrogen and oxygen atoms in total. The van der Waals surface area contributed by atoms with E-state index in [-0.39, 0.29) is 0 Å². The fourth-order valence-corrected chi connectivity index (χ4v) is 0.721. The number of hydrogen-bond donors (Lipinski definition) is 0. The molecule has 1 rings (SSSR count). The minimum absolute atomic E-state index is 0.485. The Bertz CT molecular complexity index is 190. The summed E-state index contributed by atoms with van der Waals surface area (Å²) in [4.78, 5) is 0. The van der Waals surface area contributed by atoms with Gasteiger partial charge in [0.05, 0.1) is 5.69 Å². The summed E-state index contributed by atoms with van der Waals surface area (Å²) in [6.45, 7) is 14.2. The van der Waals surface area contributed by atoms with E-state index in [1.807, 2.05) is 51.6 Å². The third-order valence-electron chi connectivity index (χ3n) is 1.27. The minimum Gasteiger partial charge on any atom is -0.270 e. The van der Waals surface area contributed by atoms with E-state index in [1.54, 1.807) is 0 Å². The second kappa shape index (κ2) is 9.30. The van der Waals surface area contributed by atoms with E-state index in [0.29, 0.717) is 6.04 Å². The highest BCUT2D eigenvalue weighted by Crippen LogP contribution is 2.01. The lowest BCUT2D eigenvalue weighted by Gasteiger charge is -2.02. The van der Waals surface area contributed by atoms with Gasteiger partial charge in [-0.1, -0.05) is 27.7 Å². The van der Waals surface area contributed by atoms with Crippen LogP contribution in [0.3, 0.4) is 0 Å². The van der Waals surface area contributed by atoms with Gasteiger partial charge >= 0.3 is 0 Å². The van der Waals surface area contributed by atoms with Crippen LogP contribution in [0.4, 0.5) is 0 Å². The van der Waals surface area contributed by atoms with Crippen molar-refractivity contribution in [3.63, 3.8) is 0 Å². The lowest BCUT2D eigenvalue weighted by atomic mass is 10.4. The Kier molecular flexibility index (Phi) is 10.5. The van der Waals surface area contributed by atoms with E-state index < -0.39 is 0 Å². The second-order valence-electron chi connectivity index (χ2n) is 2.53. The van der Waals surface area contributed by atoms with Crippen LogP contribution < -0.4 is 0 Å². The van der Waals surface area contributed by atoms with Gasteiger partial charge in [0.25, 0.3) is 0 Å². The van der Waals surface area contributed by atoms with Gasteiger partial charge in [-0.2, -0.15) is 5.10 Å². The van der Waals surface area contributed by atoms with E-state index in [9.17, 15) is 0 Å². The van der Waals surface area contributed by atoms with Gasteiger partial charge in [0.1, 0.15) is 0 Å². The van der Waals surface area contributed by atoms with Crippen LogP contribution in [0.5, 0.6) is 0 Å². The van der Waals surface area contributed by atoms with E-state index in [4.69, 9.17) is 0 Å². The van der Waals surface area contributed by atoms with Gasteiger partial charge in [-0.05, 0) is 26.8 Å². The smallest absolute Gasteiger partial charge is 0.0593 e. The summed E-state index contributed by atoms with van der Waals surface area (Å²) in [5, 5.41) is 4.23. The monoisotopic (exact) mass is 184 g/mol. The molecular weight excluding hydrogens is 160 g/mol. The van der Waals surface area contributed by atoms with Gasteiger partial charge in [-0.15, -0.1) is 0 Å². The van der Waals surface area contributed by atoms with Crippen LogP contribution in [-0.4, -0.2) is 9.78 Å². The summed E-state index contributed by atoms with van der Waals surface area (Å²) in [7, 11) is 0. The summed E-state index contributed by atoms with van der Waals surface area (Å²) in [5.74, 6) is 0. The molecule has 78 valence electrons. The molecule has 0 atom stereocenters. The molecule has 0 aromatic carbocycles. The molecule has 1 heterocycles. The van der Waals surface area contributed by atoms with E-state index in [1.165, 1.54) is 0 Å². The molecule has 1 aromatic heterocycles. The first-order valence-corrected chi connectivity index (χ1v) is 5.22. The van der Waals surface area contributed by atoms with Crippen molar-refractivity contribution in [2.24, 2.45) is 0 Å². The quantitative estimate of drug-likeness (QED) is 0.648. The zero-order chi connectivity index (χ0) is 10.9. The molecule has 0 aliphatic carbocycles. The van der Waals surface area contributed by atoms with E-state index in [2.05, 4.69) is 18.9 Å². The number of hydrogen-bond acceptors (Lipinski definition) is 1. The lowest BCUT2D eigenvalue weighted by molar-refractivity contribution is 0.529. The highest BCUT2D eigenvalue weighted by molar-refractivity contribution is 4.95. The van der Waals surface area contributed by atoms with Crippen LogP contribution in [0, 0.1) is 6.92 Å². The van der Waals surface area contributed by atoms with Crippen LogP contribution >= 0.6 is 0 Å². The summed E-state index contributed by atoms with van der Waals surface area (Å²) < 4.78 is 1.95. The molecule has 0 aliphatic heterocycles. The number of aromatic nitrogens is 2. The number of rotatable bonds is 1. The third-order valence-corrected chi connectivity index (χ3v) is 1.27. The van der Waals surface area contributed by atoms with Crippen molar-refractivity contribution < 1.29 is 0 Å². The topological polar surface area (TPSA) is 17.8 Å². The third kappa shape index (κ3) is 6.38. The highest BCUT2D eigenvalue weighted by Gasteiger charge is 1.95. The zero-order valence-corrected chi connectivity index (χ0v) is 10.1. The SMILES string of the molecule is CC.CC.Cc1ccn(C(C)C)n1. The van der Waals surface area contributed by atoms with E-state index in [0.717, 1.165) is 5.69 Å². The molecule has 0 bridgehead atoms. The van der Waals surface area contributed by atoms with Crippen LogP contribution in [0.25, 0.3) is 0 Å². The van der Waals surface area contributed by atoms with Crippen molar-refractivity contribution >= 4 is 0 Å². The highest BCUT2D eigenvalue weighted by atomic mass is 15.3. The van der Waals surface area contributed by atoms with Gasteiger partial charge < -0.3 is 0 Å². The summed E-state index contributed by atoms with van der Waals surface area (Å²) in [6.07, 6.45) is 2.00. The molecule has 0 unspecified atom stereocenters. The molecule has 0 aliphatic rings. The van der Waals surface area contributed by atoms with Gasteiger partial charge in [0.15, 0.2) is 0 Å². The van der Waals surface area contributed by atoms with Crippen molar-refractivity contribution in [3.8, 4) is 0 Å². The van der Waals surface area contributed by atoms with Gasteiger partial charge in [0, 0.05) is 12.2 Å². The molecule has 0 amide bonds. The predicted octanol–water partition coefficient (Wildman–Crippen LogP) is 3.82. The summed E-state index contributed by atoms with van der Waals surface area (Å²) in [6, 6.07) is 2.50. The molecule has 0 radical (unpaired) electrons. The number of nitrogens with zero attached hydrogens (tertiary/aromatic N) is 2. The molecular formula is C11H24N2. The average Bonchev–Trinajstić information content (AvgIpc) is 2.59. The Morgan fingerprint density at radius 2 is 1.62 bits per heavy atom. The fraction of sp³-hybridized carbons (Fsp3) is 0.727. The summed E-state index contributed by atoms with van der Waals surface area (Å²) >= 11 is 0. The summed E-state index contributed by atoms with van der Waals surface area (Å²) in [5.41, 5.74) is 1.09. The van der Waals surface area contributed by atoms with Crippen molar-refractivity contribution in [3.05, 3.63) is 18.0 Å². The van der Waals surface area contributed by atoms with Crippen LogP contribution in [0.2, 0.25) is 0 Å². The van der Waals surface area contributed by atoms with Crippen molar-refractivity contribution in [1.82, 2.24) is 9.78 Å². The first-order chi connectivity index (χ1) is 6.20. The van der Waals surface area contributed by atoms with Crippen LogP contribution in [-0.2, 0) is 0 Å². The second-order valence-corrected chi connectivity index (χ2v) is 2.53. The van der Waals surface area contributed by atoms with Gasteiger partial charge in [-0.25, -0.2) is 0 Å². The Hall–Kier alpha value is -0.790. The molecule has 0 saturated heterocycles. The predicted molar refractivity (Wildman–Crippen MR) is 60.0 cm³/mol. The number of aryl methyl sites for hydroxylation is 1. The van der Waals surface area contributed by atoms with E-state index >= 15 is 0 Å². The fourth-order valence-electron chi connectivity index (χ4n) is 0.721. The van der Waals surface area contributed by atoms with Crippen molar-refractivity contribution in [2.75, 3.05) is 0 Å². The maximum absolute atomic E-state index is 4.23. The molecule has 0 saturated carbocycles. The maximum Gasteiger partial charge on any atom is 0.0593 e. The lowest BCUT2D eigenvalue weighted by Crippen LogP contribution is -2.00. The van der Waals surface area contributed by atoms with Crippen LogP contribution in [0.1, 0.15) is 53.3 Å². The standard InChI is InChI=1S/C7H12N2.2C2H6/c1-6(2)9-5-4-7(3)8-9;2*1-2/h4-6H,1-3H3;2*1-2H3. The van der Waals surface area contributed by atoms with Crippen molar-refractivity contribution in [1.29, 1.82) is 0 Å². The first kappa shape index (κ1) is 14.7. The molecule has 1 aromatic rings. The Morgan fingerprint density at radius 3 is 1.77 bits per heavy atom. The minimum atomic E-state index is 0.485. The molecule has 0 spiro atoms. The largest absolute Gasteiger partial charge is 0.270 e.